The standard InChI is InChI=1S/C8H4Cl2N2O2S/c9-7(10)8-11-5-2-1-4(12(13)14)3-6(5)15-8/h1-3,7H. The molecule has 0 radical (unpaired) electrons. The molecule has 0 bridgehead atoms. The van der Waals surface area contributed by atoms with Gasteiger partial charge in [-0.1, -0.05) is 23.2 Å². The van der Waals surface area contributed by atoms with Crippen LogP contribution < -0.4 is 0 Å². The van der Waals surface area contributed by atoms with E-state index in [1.54, 1.807) is 6.07 Å². The molecule has 0 aliphatic heterocycles. The highest BCUT2D eigenvalue weighted by Gasteiger charge is 2.13. The molecule has 2 rings (SSSR count). The Morgan fingerprint density at radius 1 is 1.47 bits per heavy atom. The molecule has 0 amide bonds. The predicted octanol–water partition coefficient (Wildman–Crippen LogP) is 3.68. The topological polar surface area (TPSA) is 56.0 Å². The molecule has 4 nitrogen and oxygen atoms in total. The highest BCUT2D eigenvalue weighted by Crippen LogP contribution is 2.33. The minimum Gasteiger partial charge on any atom is -0.258 e. The van der Waals surface area contributed by atoms with Gasteiger partial charge in [-0.05, 0) is 6.07 Å². The molecule has 1 aromatic carbocycles. The molecule has 1 heterocycles. The van der Waals surface area contributed by atoms with Crippen molar-refractivity contribution in [3.05, 3.63) is 33.3 Å². The number of thiazole rings is 1. The second-order valence-corrected chi connectivity index (χ2v) is 4.92. The summed E-state index contributed by atoms with van der Waals surface area (Å²) in [6.07, 6.45) is 0. The molecular formula is C8H4Cl2N2O2S. The van der Waals surface area contributed by atoms with E-state index in [9.17, 15) is 10.1 Å². The summed E-state index contributed by atoms with van der Waals surface area (Å²) in [6.45, 7) is 0. The first-order valence-corrected chi connectivity index (χ1v) is 5.60. The monoisotopic (exact) mass is 262 g/mol. The van der Waals surface area contributed by atoms with E-state index in [1.165, 1.54) is 23.5 Å². The van der Waals surface area contributed by atoms with Gasteiger partial charge in [0.05, 0.1) is 15.1 Å². The first-order chi connectivity index (χ1) is 7.08. The Balaban J connectivity index is 2.57. The van der Waals surface area contributed by atoms with Gasteiger partial charge in [-0.2, -0.15) is 0 Å². The fourth-order valence-corrected chi connectivity index (χ4v) is 2.36. The first kappa shape index (κ1) is 10.6. The van der Waals surface area contributed by atoms with Crippen LogP contribution in [-0.4, -0.2) is 9.91 Å². The van der Waals surface area contributed by atoms with Gasteiger partial charge in [0.15, 0.2) is 4.84 Å². The van der Waals surface area contributed by atoms with E-state index >= 15 is 0 Å². The zero-order valence-electron chi connectivity index (χ0n) is 7.18. The quantitative estimate of drug-likeness (QED) is 0.471. The van der Waals surface area contributed by atoms with Crippen LogP contribution in [0.4, 0.5) is 5.69 Å². The summed E-state index contributed by atoms with van der Waals surface area (Å²) < 4.78 is 0.713. The van der Waals surface area contributed by atoms with Crippen LogP contribution in [0, 0.1) is 10.1 Å². The molecule has 15 heavy (non-hydrogen) atoms. The highest BCUT2D eigenvalue weighted by atomic mass is 35.5. The maximum Gasteiger partial charge on any atom is 0.270 e. The van der Waals surface area contributed by atoms with E-state index in [-0.39, 0.29) is 5.69 Å². The summed E-state index contributed by atoms with van der Waals surface area (Å²) in [4.78, 5) is 13.5. The van der Waals surface area contributed by atoms with Crippen LogP contribution in [0.3, 0.4) is 0 Å². The SMILES string of the molecule is O=[N+]([O-])c1ccc2nc(C(Cl)Cl)sc2c1. The number of nitro groups is 1. The number of hydrogen-bond acceptors (Lipinski definition) is 4. The normalized spacial score (nSPS) is 11.1. The van der Waals surface area contributed by atoms with Gasteiger partial charge in [0.2, 0.25) is 0 Å². The number of non-ortho nitro benzene ring substituents is 1. The summed E-state index contributed by atoms with van der Waals surface area (Å²) in [5.41, 5.74) is 0.713. The van der Waals surface area contributed by atoms with Crippen LogP contribution >= 0.6 is 34.5 Å². The number of nitro benzene ring substituents is 1. The average molecular weight is 263 g/mol. The van der Waals surface area contributed by atoms with Crippen LogP contribution in [0.2, 0.25) is 0 Å². The molecule has 7 heteroatoms. The van der Waals surface area contributed by atoms with Gasteiger partial charge in [-0.3, -0.25) is 10.1 Å². The fraction of sp³-hybridized carbons (Fsp3) is 0.125. The number of hydrogen-bond donors (Lipinski definition) is 0. The molecule has 2 aromatic rings. The van der Waals surface area contributed by atoms with Gasteiger partial charge in [0.1, 0.15) is 5.01 Å². The lowest BCUT2D eigenvalue weighted by Gasteiger charge is -1.89. The Morgan fingerprint density at radius 3 is 2.80 bits per heavy atom. The number of benzene rings is 1. The second-order valence-electron chi connectivity index (χ2n) is 2.76. The Bertz CT molecular complexity index is 526. The number of aromatic nitrogens is 1. The molecule has 78 valence electrons. The van der Waals surface area contributed by atoms with Crippen molar-refractivity contribution in [2.24, 2.45) is 0 Å². The zero-order chi connectivity index (χ0) is 11.0. The smallest absolute Gasteiger partial charge is 0.258 e. The third kappa shape index (κ3) is 2.04. The summed E-state index contributed by atoms with van der Waals surface area (Å²) in [5.74, 6) is 0. The molecule has 0 unspecified atom stereocenters. The van der Waals surface area contributed by atoms with Crippen LogP contribution in [-0.2, 0) is 0 Å². The van der Waals surface area contributed by atoms with Gasteiger partial charge >= 0.3 is 0 Å². The van der Waals surface area contributed by atoms with Crippen LogP contribution in [0.25, 0.3) is 10.2 Å². The van der Waals surface area contributed by atoms with Crippen molar-refractivity contribution in [2.45, 2.75) is 4.84 Å². The lowest BCUT2D eigenvalue weighted by molar-refractivity contribution is -0.384. The van der Waals surface area contributed by atoms with Crippen molar-refractivity contribution < 1.29 is 4.92 Å². The Morgan fingerprint density at radius 2 is 2.20 bits per heavy atom. The molecule has 0 saturated heterocycles. The number of nitrogens with zero attached hydrogens (tertiary/aromatic N) is 2. The van der Waals surface area contributed by atoms with Gasteiger partial charge in [-0.25, -0.2) is 4.98 Å². The van der Waals surface area contributed by atoms with Gasteiger partial charge in [0.25, 0.3) is 5.69 Å². The molecule has 1 aromatic heterocycles. The number of halogens is 2. The molecule has 0 aliphatic rings. The van der Waals surface area contributed by atoms with Crippen LogP contribution in [0.1, 0.15) is 9.84 Å². The van der Waals surface area contributed by atoms with E-state index in [0.717, 1.165) is 0 Å². The van der Waals surface area contributed by atoms with Crippen molar-refractivity contribution in [1.29, 1.82) is 0 Å². The number of rotatable bonds is 2. The van der Waals surface area contributed by atoms with Crippen molar-refractivity contribution in [3.63, 3.8) is 0 Å². The minimum atomic E-state index is -0.693. The van der Waals surface area contributed by atoms with Crippen molar-refractivity contribution in [1.82, 2.24) is 4.98 Å². The Kier molecular flexibility index (Phi) is 2.77. The lowest BCUT2D eigenvalue weighted by Crippen LogP contribution is -1.85. The Labute approximate surface area is 98.6 Å². The van der Waals surface area contributed by atoms with Gasteiger partial charge in [0, 0.05) is 12.1 Å². The third-order valence-corrected chi connectivity index (χ3v) is 3.54. The summed E-state index contributed by atoms with van der Waals surface area (Å²) >= 11 is 12.6. The zero-order valence-corrected chi connectivity index (χ0v) is 9.51. The second kappa shape index (κ2) is 3.92. The van der Waals surface area contributed by atoms with Crippen molar-refractivity contribution >= 4 is 50.4 Å². The summed E-state index contributed by atoms with van der Waals surface area (Å²) in [5, 5.41) is 11.1. The maximum absolute atomic E-state index is 10.5. The van der Waals surface area contributed by atoms with Crippen molar-refractivity contribution in [3.8, 4) is 0 Å². The molecule has 0 fully saturated rings. The number of fused-ring (bicyclic) bond motifs is 1. The molecule has 0 saturated carbocycles. The van der Waals surface area contributed by atoms with Gasteiger partial charge in [-0.15, -0.1) is 11.3 Å². The minimum absolute atomic E-state index is 0.0402. The summed E-state index contributed by atoms with van der Waals surface area (Å²) in [6, 6.07) is 4.46. The first-order valence-electron chi connectivity index (χ1n) is 3.91. The lowest BCUT2D eigenvalue weighted by atomic mass is 10.3. The van der Waals surface area contributed by atoms with E-state index in [4.69, 9.17) is 23.2 Å². The van der Waals surface area contributed by atoms with E-state index in [2.05, 4.69) is 4.98 Å². The average Bonchev–Trinajstić information content (AvgIpc) is 2.59. The maximum atomic E-state index is 10.5. The predicted molar refractivity (Wildman–Crippen MR) is 60.7 cm³/mol. The highest BCUT2D eigenvalue weighted by molar-refractivity contribution is 7.19. The van der Waals surface area contributed by atoms with Crippen LogP contribution in [0.15, 0.2) is 18.2 Å². The Hall–Kier alpha value is -0.910. The summed E-state index contributed by atoms with van der Waals surface area (Å²) in [7, 11) is 0. The molecular weight excluding hydrogens is 259 g/mol. The molecule has 0 N–H and O–H groups in total. The van der Waals surface area contributed by atoms with E-state index in [1.807, 2.05) is 0 Å². The molecule has 0 spiro atoms. The fourth-order valence-electron chi connectivity index (χ4n) is 1.14. The van der Waals surface area contributed by atoms with Crippen molar-refractivity contribution in [2.75, 3.05) is 0 Å². The van der Waals surface area contributed by atoms with E-state index in [0.29, 0.717) is 15.2 Å². The van der Waals surface area contributed by atoms with Crippen LogP contribution in [0.5, 0.6) is 0 Å². The third-order valence-electron chi connectivity index (χ3n) is 1.79. The van der Waals surface area contributed by atoms with Gasteiger partial charge < -0.3 is 0 Å². The largest absolute Gasteiger partial charge is 0.270 e. The number of alkyl halides is 2. The molecule has 0 atom stereocenters. The van der Waals surface area contributed by atoms with E-state index < -0.39 is 9.76 Å². The molecule has 0 aliphatic carbocycles.